The summed E-state index contributed by atoms with van der Waals surface area (Å²) in [6, 6.07) is 0. The smallest absolute Gasteiger partial charge is 0.253 e. The van der Waals surface area contributed by atoms with E-state index >= 15 is 0 Å². The van der Waals surface area contributed by atoms with Crippen LogP contribution in [-0.4, -0.2) is 52.2 Å². The molecule has 2 saturated heterocycles. The Bertz CT molecular complexity index is 224. The summed E-state index contributed by atoms with van der Waals surface area (Å²) in [5, 5.41) is 6.92. The molecule has 13 heavy (non-hydrogen) atoms. The average molecular weight is 217 g/mol. The molecule has 0 aliphatic carbocycles. The van der Waals surface area contributed by atoms with Crippen LogP contribution in [0.15, 0.2) is 0 Å². The van der Waals surface area contributed by atoms with E-state index in [0.29, 0.717) is 10.1 Å². The molecular weight excluding hydrogens is 206 g/mol. The van der Waals surface area contributed by atoms with Crippen molar-refractivity contribution in [2.75, 3.05) is 31.9 Å². The molecule has 0 saturated carbocycles. The van der Waals surface area contributed by atoms with Crippen LogP contribution in [0.25, 0.3) is 0 Å². The van der Waals surface area contributed by atoms with Gasteiger partial charge < -0.3 is 5.32 Å². The first-order valence-electron chi connectivity index (χ1n) is 4.24. The molecule has 0 spiro atoms. The Morgan fingerprint density at radius 2 is 2.08 bits per heavy atom. The number of hydrogen-bond acceptors (Lipinski definition) is 5. The third-order valence-electron chi connectivity index (χ3n) is 2.10. The summed E-state index contributed by atoms with van der Waals surface area (Å²) in [5.41, 5.74) is 0. The van der Waals surface area contributed by atoms with Gasteiger partial charge >= 0.3 is 0 Å². The molecule has 2 aliphatic rings. The van der Waals surface area contributed by atoms with Crippen LogP contribution in [0.1, 0.15) is 0 Å². The lowest BCUT2D eigenvalue weighted by Gasteiger charge is -2.33. The second kappa shape index (κ2) is 3.91. The number of thioether (sulfide) groups is 1. The average Bonchev–Trinajstić information content (AvgIpc) is 2.48. The number of hydrogen-bond donors (Lipinski definition) is 1. The molecule has 0 aromatic rings. The van der Waals surface area contributed by atoms with Crippen molar-refractivity contribution in [2.24, 2.45) is 0 Å². The summed E-state index contributed by atoms with van der Waals surface area (Å²) in [6.45, 7) is 3.59. The number of carbonyl (C=O) groups excluding carboxylic acids is 1. The van der Waals surface area contributed by atoms with E-state index in [1.54, 1.807) is 5.01 Å². The van der Waals surface area contributed by atoms with E-state index in [-0.39, 0.29) is 5.91 Å². The lowest BCUT2D eigenvalue weighted by molar-refractivity contribution is -0.135. The third kappa shape index (κ3) is 1.85. The summed E-state index contributed by atoms with van der Waals surface area (Å²) in [4.78, 5) is 11.4. The van der Waals surface area contributed by atoms with Gasteiger partial charge in [-0.3, -0.25) is 4.79 Å². The zero-order chi connectivity index (χ0) is 9.26. The van der Waals surface area contributed by atoms with E-state index < -0.39 is 0 Å². The van der Waals surface area contributed by atoms with Gasteiger partial charge in [0, 0.05) is 26.2 Å². The van der Waals surface area contributed by atoms with Gasteiger partial charge in [0.2, 0.25) is 0 Å². The molecule has 6 heteroatoms. The summed E-state index contributed by atoms with van der Waals surface area (Å²) < 4.78 is 0.701. The summed E-state index contributed by atoms with van der Waals surface area (Å²) >= 11 is 6.56. The van der Waals surface area contributed by atoms with Gasteiger partial charge in [0.1, 0.15) is 0 Å². The zero-order valence-corrected chi connectivity index (χ0v) is 8.79. The SMILES string of the molecule is O=C1CSC(=S)N1N1CCNCC1. The second-order valence-corrected chi connectivity index (χ2v) is 4.57. The van der Waals surface area contributed by atoms with Crippen LogP contribution in [0.5, 0.6) is 0 Å². The van der Waals surface area contributed by atoms with Gasteiger partial charge in [0.05, 0.1) is 5.75 Å². The Balaban J connectivity index is 2.05. The molecule has 2 rings (SSSR count). The van der Waals surface area contributed by atoms with Crippen molar-refractivity contribution in [1.29, 1.82) is 0 Å². The maximum Gasteiger partial charge on any atom is 0.253 e. The zero-order valence-electron chi connectivity index (χ0n) is 7.15. The minimum Gasteiger partial charge on any atom is -0.314 e. The van der Waals surface area contributed by atoms with Crippen LogP contribution in [0, 0.1) is 0 Å². The van der Waals surface area contributed by atoms with Crippen molar-refractivity contribution >= 4 is 34.2 Å². The van der Waals surface area contributed by atoms with Gasteiger partial charge in [0.15, 0.2) is 4.32 Å². The number of nitrogens with one attached hydrogen (secondary N) is 1. The van der Waals surface area contributed by atoms with Crippen LogP contribution < -0.4 is 5.32 Å². The lowest BCUT2D eigenvalue weighted by Crippen LogP contribution is -2.54. The molecule has 2 aliphatic heterocycles. The van der Waals surface area contributed by atoms with Crippen molar-refractivity contribution in [3.63, 3.8) is 0 Å². The van der Waals surface area contributed by atoms with Gasteiger partial charge in [0.25, 0.3) is 5.91 Å². The minimum absolute atomic E-state index is 0.122. The molecule has 2 fully saturated rings. The van der Waals surface area contributed by atoms with E-state index in [1.165, 1.54) is 11.8 Å². The van der Waals surface area contributed by atoms with E-state index in [4.69, 9.17) is 12.2 Å². The number of piperazine rings is 1. The summed E-state index contributed by atoms with van der Waals surface area (Å²) in [5.74, 6) is 0.625. The molecule has 0 aromatic heterocycles. The molecule has 1 amide bonds. The number of carbonyl (C=O) groups is 1. The van der Waals surface area contributed by atoms with Crippen LogP contribution in [0.2, 0.25) is 0 Å². The second-order valence-electron chi connectivity index (χ2n) is 2.96. The summed E-state index contributed by atoms with van der Waals surface area (Å²) in [6.07, 6.45) is 0. The minimum atomic E-state index is 0.122. The molecule has 0 radical (unpaired) electrons. The van der Waals surface area contributed by atoms with Crippen molar-refractivity contribution in [3.8, 4) is 0 Å². The van der Waals surface area contributed by atoms with Gasteiger partial charge in [-0.2, -0.15) is 0 Å². The van der Waals surface area contributed by atoms with E-state index in [0.717, 1.165) is 26.2 Å². The number of amides is 1. The fraction of sp³-hybridized carbons (Fsp3) is 0.714. The molecular formula is C7H11N3OS2. The normalized spacial score (nSPS) is 25.7. The van der Waals surface area contributed by atoms with Gasteiger partial charge in [-0.15, -0.1) is 0 Å². The highest BCUT2D eigenvalue weighted by Gasteiger charge is 2.32. The molecule has 0 bridgehead atoms. The first-order chi connectivity index (χ1) is 6.29. The van der Waals surface area contributed by atoms with Crippen LogP contribution in [-0.2, 0) is 4.79 Å². The largest absolute Gasteiger partial charge is 0.314 e. The van der Waals surface area contributed by atoms with Crippen molar-refractivity contribution < 1.29 is 4.79 Å². The Morgan fingerprint density at radius 1 is 1.38 bits per heavy atom. The maximum atomic E-state index is 11.4. The maximum absolute atomic E-state index is 11.4. The molecule has 0 aromatic carbocycles. The van der Waals surface area contributed by atoms with Crippen molar-refractivity contribution in [3.05, 3.63) is 0 Å². The topological polar surface area (TPSA) is 35.6 Å². The predicted molar refractivity (Wildman–Crippen MR) is 56.3 cm³/mol. The van der Waals surface area contributed by atoms with E-state index in [2.05, 4.69) is 5.32 Å². The highest BCUT2D eigenvalue weighted by molar-refractivity contribution is 8.23. The molecule has 2 heterocycles. The Labute approximate surface area is 86.6 Å². The highest BCUT2D eigenvalue weighted by atomic mass is 32.2. The van der Waals surface area contributed by atoms with E-state index in [1.807, 2.05) is 5.01 Å². The fourth-order valence-corrected chi connectivity index (χ4v) is 2.58. The standard InChI is InChI=1S/C7H11N3OS2/c11-6-5-13-7(12)10(6)9-3-1-8-2-4-9/h8H,1-5H2. The van der Waals surface area contributed by atoms with Crippen LogP contribution in [0.4, 0.5) is 0 Å². The molecule has 4 nitrogen and oxygen atoms in total. The number of rotatable bonds is 1. The third-order valence-corrected chi connectivity index (χ3v) is 3.44. The molecule has 1 N–H and O–H groups in total. The van der Waals surface area contributed by atoms with Crippen molar-refractivity contribution in [1.82, 2.24) is 15.3 Å². The molecule has 0 unspecified atom stereocenters. The number of hydrazine groups is 1. The monoisotopic (exact) mass is 217 g/mol. The molecule has 0 atom stereocenters. The Hall–Kier alpha value is -0.170. The van der Waals surface area contributed by atoms with Crippen molar-refractivity contribution in [2.45, 2.75) is 0 Å². The number of thiocarbonyl (C=S) groups is 1. The fourth-order valence-electron chi connectivity index (χ4n) is 1.47. The van der Waals surface area contributed by atoms with Crippen LogP contribution in [0.3, 0.4) is 0 Å². The Kier molecular flexibility index (Phi) is 2.83. The summed E-state index contributed by atoms with van der Waals surface area (Å²) in [7, 11) is 0. The molecule has 72 valence electrons. The lowest BCUT2D eigenvalue weighted by atomic mass is 10.4. The highest BCUT2D eigenvalue weighted by Crippen LogP contribution is 2.21. The quantitative estimate of drug-likeness (QED) is 0.608. The Morgan fingerprint density at radius 3 is 2.62 bits per heavy atom. The van der Waals surface area contributed by atoms with Crippen LogP contribution >= 0.6 is 24.0 Å². The van der Waals surface area contributed by atoms with Gasteiger partial charge in [-0.1, -0.05) is 24.0 Å². The van der Waals surface area contributed by atoms with Gasteiger partial charge in [-0.05, 0) is 0 Å². The number of nitrogens with zero attached hydrogens (tertiary/aromatic N) is 2. The van der Waals surface area contributed by atoms with Gasteiger partial charge in [-0.25, -0.2) is 10.0 Å². The predicted octanol–water partition coefficient (Wildman–Crippen LogP) is -0.333. The van der Waals surface area contributed by atoms with E-state index in [9.17, 15) is 4.79 Å². The first-order valence-corrected chi connectivity index (χ1v) is 5.64. The first kappa shape index (κ1) is 9.39.